The molecule has 0 aliphatic heterocycles. The molecule has 1 aromatic heterocycles. The molecule has 0 aromatic carbocycles. The number of aromatic nitrogens is 2. The summed E-state index contributed by atoms with van der Waals surface area (Å²) in [4.78, 5) is 8.31. The standard InChI is InChI=1S/C12H23N5/c1-9(2)5-4-6-10(3)15-11-7-14-8-12(16-11)17-13/h7-10H,4-6,13H2,1-3H3,(H2,15,16,17). The molecule has 5 nitrogen and oxygen atoms in total. The van der Waals surface area contributed by atoms with Crippen LogP contribution in [0.2, 0.25) is 0 Å². The van der Waals surface area contributed by atoms with E-state index < -0.39 is 0 Å². The number of hydrogen-bond donors (Lipinski definition) is 3. The zero-order chi connectivity index (χ0) is 12.7. The Kier molecular flexibility index (Phi) is 5.69. The fourth-order valence-corrected chi connectivity index (χ4v) is 1.66. The molecule has 1 atom stereocenters. The number of hydrogen-bond acceptors (Lipinski definition) is 5. The third kappa shape index (κ3) is 5.49. The Morgan fingerprint density at radius 1 is 1.18 bits per heavy atom. The summed E-state index contributed by atoms with van der Waals surface area (Å²) in [5, 5.41) is 3.32. The number of anilines is 2. The van der Waals surface area contributed by atoms with Crippen molar-refractivity contribution in [2.24, 2.45) is 11.8 Å². The first kappa shape index (κ1) is 13.7. The zero-order valence-corrected chi connectivity index (χ0v) is 10.9. The third-order valence-corrected chi connectivity index (χ3v) is 2.60. The molecule has 1 aromatic rings. The highest BCUT2D eigenvalue weighted by Gasteiger charge is 2.04. The van der Waals surface area contributed by atoms with Gasteiger partial charge in [0.05, 0.1) is 12.4 Å². The highest BCUT2D eigenvalue weighted by molar-refractivity contribution is 5.41. The minimum atomic E-state index is 0.399. The molecule has 0 spiro atoms. The van der Waals surface area contributed by atoms with E-state index in [4.69, 9.17) is 5.84 Å². The molecule has 0 aliphatic rings. The molecule has 0 aliphatic carbocycles. The lowest BCUT2D eigenvalue weighted by Crippen LogP contribution is -2.17. The molecule has 0 radical (unpaired) electrons. The van der Waals surface area contributed by atoms with Crippen LogP contribution < -0.4 is 16.6 Å². The summed E-state index contributed by atoms with van der Waals surface area (Å²) in [5.74, 6) is 7.39. The normalized spacial score (nSPS) is 12.5. The van der Waals surface area contributed by atoms with Crippen molar-refractivity contribution in [1.82, 2.24) is 9.97 Å². The van der Waals surface area contributed by atoms with E-state index >= 15 is 0 Å². The molecule has 0 bridgehead atoms. The monoisotopic (exact) mass is 237 g/mol. The highest BCUT2D eigenvalue weighted by Crippen LogP contribution is 2.12. The van der Waals surface area contributed by atoms with Gasteiger partial charge in [0.2, 0.25) is 0 Å². The molecular formula is C12H23N5. The largest absolute Gasteiger partial charge is 0.366 e. The van der Waals surface area contributed by atoms with Crippen molar-refractivity contribution < 1.29 is 0 Å². The zero-order valence-electron chi connectivity index (χ0n) is 10.9. The first-order valence-corrected chi connectivity index (χ1v) is 6.17. The summed E-state index contributed by atoms with van der Waals surface area (Å²) in [5.41, 5.74) is 2.49. The molecule has 5 heteroatoms. The molecule has 1 unspecified atom stereocenters. The number of nitrogens with two attached hydrogens (primary N) is 1. The lowest BCUT2D eigenvalue weighted by Gasteiger charge is -2.15. The Balaban J connectivity index is 2.36. The van der Waals surface area contributed by atoms with Crippen molar-refractivity contribution in [2.75, 3.05) is 10.7 Å². The maximum atomic E-state index is 5.28. The summed E-state index contributed by atoms with van der Waals surface area (Å²) in [7, 11) is 0. The van der Waals surface area contributed by atoms with Crippen LogP contribution in [-0.4, -0.2) is 16.0 Å². The predicted molar refractivity (Wildman–Crippen MR) is 71.6 cm³/mol. The van der Waals surface area contributed by atoms with Crippen LogP contribution >= 0.6 is 0 Å². The van der Waals surface area contributed by atoms with Gasteiger partial charge in [-0.05, 0) is 19.3 Å². The molecular weight excluding hydrogens is 214 g/mol. The minimum absolute atomic E-state index is 0.399. The van der Waals surface area contributed by atoms with Crippen LogP contribution in [0.4, 0.5) is 11.6 Å². The Hall–Kier alpha value is -1.36. The minimum Gasteiger partial charge on any atom is -0.366 e. The summed E-state index contributed by atoms with van der Waals surface area (Å²) in [6, 6.07) is 0.399. The molecule has 0 saturated heterocycles. The lowest BCUT2D eigenvalue weighted by molar-refractivity contribution is 0.520. The number of hydrazine groups is 1. The molecule has 0 amide bonds. The highest BCUT2D eigenvalue weighted by atomic mass is 15.3. The van der Waals surface area contributed by atoms with Gasteiger partial charge in [-0.3, -0.25) is 4.98 Å². The Morgan fingerprint density at radius 2 is 1.88 bits per heavy atom. The van der Waals surface area contributed by atoms with Gasteiger partial charge < -0.3 is 10.7 Å². The average Bonchev–Trinajstić information content (AvgIpc) is 2.28. The van der Waals surface area contributed by atoms with Gasteiger partial charge >= 0.3 is 0 Å². The fourth-order valence-electron chi connectivity index (χ4n) is 1.66. The van der Waals surface area contributed by atoms with Gasteiger partial charge in [-0.1, -0.05) is 26.7 Å². The van der Waals surface area contributed by atoms with E-state index in [1.807, 2.05) is 0 Å². The second-order valence-corrected chi connectivity index (χ2v) is 4.80. The van der Waals surface area contributed by atoms with E-state index in [2.05, 4.69) is 41.5 Å². The van der Waals surface area contributed by atoms with Gasteiger partial charge in [0.1, 0.15) is 5.82 Å². The van der Waals surface area contributed by atoms with Crippen LogP contribution in [0.15, 0.2) is 12.4 Å². The van der Waals surface area contributed by atoms with Crippen LogP contribution in [0, 0.1) is 5.92 Å². The van der Waals surface area contributed by atoms with Gasteiger partial charge in [-0.25, -0.2) is 10.8 Å². The number of nitrogens with one attached hydrogen (secondary N) is 2. The SMILES string of the molecule is CC(C)CCCC(C)Nc1cncc(NN)n1. The quantitative estimate of drug-likeness (QED) is 0.501. The smallest absolute Gasteiger partial charge is 0.160 e. The van der Waals surface area contributed by atoms with E-state index in [-0.39, 0.29) is 0 Å². The molecule has 4 N–H and O–H groups in total. The molecule has 0 saturated carbocycles. The van der Waals surface area contributed by atoms with Crippen LogP contribution in [-0.2, 0) is 0 Å². The topological polar surface area (TPSA) is 75.9 Å². The van der Waals surface area contributed by atoms with Gasteiger partial charge in [0.15, 0.2) is 5.82 Å². The van der Waals surface area contributed by atoms with Gasteiger partial charge in [0.25, 0.3) is 0 Å². The summed E-state index contributed by atoms with van der Waals surface area (Å²) < 4.78 is 0. The van der Waals surface area contributed by atoms with Crippen molar-refractivity contribution in [3.8, 4) is 0 Å². The maximum absolute atomic E-state index is 5.28. The number of nitrogen functional groups attached to an aromatic ring is 1. The van der Waals surface area contributed by atoms with Gasteiger partial charge in [-0.2, -0.15) is 0 Å². The van der Waals surface area contributed by atoms with Crippen LogP contribution in [0.1, 0.15) is 40.0 Å². The fraction of sp³-hybridized carbons (Fsp3) is 0.667. The number of rotatable bonds is 7. The molecule has 1 rings (SSSR count). The van der Waals surface area contributed by atoms with E-state index in [9.17, 15) is 0 Å². The molecule has 1 heterocycles. The molecule has 17 heavy (non-hydrogen) atoms. The van der Waals surface area contributed by atoms with Crippen molar-refractivity contribution in [2.45, 2.75) is 46.1 Å². The molecule has 96 valence electrons. The lowest BCUT2D eigenvalue weighted by atomic mass is 10.0. The van der Waals surface area contributed by atoms with Crippen LogP contribution in [0.3, 0.4) is 0 Å². The Bertz CT molecular complexity index is 326. The van der Waals surface area contributed by atoms with E-state index in [0.717, 1.165) is 18.2 Å². The van der Waals surface area contributed by atoms with Crippen molar-refractivity contribution in [3.05, 3.63) is 12.4 Å². The Morgan fingerprint density at radius 3 is 2.53 bits per heavy atom. The van der Waals surface area contributed by atoms with Gasteiger partial charge in [-0.15, -0.1) is 0 Å². The second kappa shape index (κ2) is 7.06. The van der Waals surface area contributed by atoms with E-state index in [1.165, 1.54) is 12.8 Å². The van der Waals surface area contributed by atoms with Crippen molar-refractivity contribution in [1.29, 1.82) is 0 Å². The third-order valence-electron chi connectivity index (χ3n) is 2.60. The van der Waals surface area contributed by atoms with Crippen LogP contribution in [0.5, 0.6) is 0 Å². The molecule has 0 fully saturated rings. The van der Waals surface area contributed by atoms with Crippen LogP contribution in [0.25, 0.3) is 0 Å². The first-order valence-electron chi connectivity index (χ1n) is 6.17. The summed E-state index contributed by atoms with van der Waals surface area (Å²) in [6.07, 6.45) is 6.94. The van der Waals surface area contributed by atoms with E-state index in [0.29, 0.717) is 11.9 Å². The predicted octanol–water partition coefficient (Wildman–Crippen LogP) is 2.39. The number of nitrogens with zero attached hydrogens (tertiary/aromatic N) is 2. The first-order chi connectivity index (χ1) is 8.11. The Labute approximate surface area is 103 Å². The average molecular weight is 237 g/mol. The van der Waals surface area contributed by atoms with E-state index in [1.54, 1.807) is 12.4 Å². The summed E-state index contributed by atoms with van der Waals surface area (Å²) in [6.45, 7) is 6.66. The summed E-state index contributed by atoms with van der Waals surface area (Å²) >= 11 is 0. The second-order valence-electron chi connectivity index (χ2n) is 4.80. The maximum Gasteiger partial charge on any atom is 0.160 e. The van der Waals surface area contributed by atoms with Gasteiger partial charge in [0, 0.05) is 6.04 Å². The van der Waals surface area contributed by atoms with Crippen molar-refractivity contribution >= 4 is 11.6 Å². The van der Waals surface area contributed by atoms with Crippen molar-refractivity contribution in [3.63, 3.8) is 0 Å².